The lowest BCUT2D eigenvalue weighted by molar-refractivity contribution is -0.579. The Kier molecular flexibility index (Phi) is 6.68. The van der Waals surface area contributed by atoms with Gasteiger partial charge in [0.05, 0.1) is 18.7 Å². The number of nitrogens with two attached hydrogens (primary N) is 1. The number of benzene rings is 1. The standard InChI is InChI=1S/C28H33N3O2/c32-27(33)17-20(24-16-21-8-3-4-10-25(21)30-18-24)7-2-1-6-19-11-12-22-15-23-9-5-13-29-28(23)31-26(22)14-19/h3-4,8,10,15-16,18-20H,1-2,5-7,9,11-14,17H2,(H,29,31)(H,32,33)/p+2. The van der Waals surface area contributed by atoms with E-state index >= 15 is 0 Å². The molecule has 2 aromatic heterocycles. The molecule has 1 aromatic carbocycles. The van der Waals surface area contributed by atoms with E-state index in [9.17, 15) is 9.90 Å². The van der Waals surface area contributed by atoms with Gasteiger partial charge in [-0.15, -0.1) is 0 Å². The van der Waals surface area contributed by atoms with E-state index in [1.54, 1.807) is 0 Å². The third-order valence-electron chi connectivity index (χ3n) is 7.58. The Morgan fingerprint density at radius 3 is 3.00 bits per heavy atom. The molecular formula is C28H35N3O2+2. The molecule has 2 aliphatic rings. The Labute approximate surface area is 195 Å². The minimum Gasteiger partial charge on any atom is -0.481 e. The second-order valence-corrected chi connectivity index (χ2v) is 9.94. The van der Waals surface area contributed by atoms with Gasteiger partial charge in [0, 0.05) is 34.9 Å². The molecule has 33 heavy (non-hydrogen) atoms. The molecule has 0 amide bonds. The Balaban J connectivity index is 1.17. The third-order valence-corrected chi connectivity index (χ3v) is 7.58. The molecule has 172 valence electrons. The molecule has 1 aliphatic carbocycles. The zero-order chi connectivity index (χ0) is 22.6. The molecule has 0 saturated heterocycles. The highest BCUT2D eigenvalue weighted by atomic mass is 16.4. The number of H-pyrrole nitrogens is 1. The summed E-state index contributed by atoms with van der Waals surface area (Å²) in [6.45, 7) is 1.16. The molecule has 5 nitrogen and oxygen atoms in total. The molecule has 0 saturated carbocycles. The lowest BCUT2D eigenvalue weighted by Crippen LogP contribution is -2.80. The zero-order valence-electron chi connectivity index (χ0n) is 19.4. The molecule has 5 rings (SSSR count). The predicted octanol–water partition coefficient (Wildman–Crippen LogP) is 4.11. The first-order valence-electron chi connectivity index (χ1n) is 12.6. The van der Waals surface area contributed by atoms with Crippen LogP contribution in [0.4, 0.5) is 5.82 Å². The van der Waals surface area contributed by atoms with Crippen LogP contribution < -0.4 is 10.3 Å². The zero-order valence-corrected chi connectivity index (χ0v) is 19.4. The fourth-order valence-corrected chi connectivity index (χ4v) is 5.73. The molecule has 3 aromatic rings. The number of carboxylic acids is 1. The highest BCUT2D eigenvalue weighted by molar-refractivity contribution is 5.76. The van der Waals surface area contributed by atoms with Gasteiger partial charge in [-0.3, -0.25) is 10.1 Å². The van der Waals surface area contributed by atoms with Crippen molar-refractivity contribution in [2.45, 2.75) is 70.1 Å². The maximum atomic E-state index is 11.5. The Hall–Kier alpha value is -2.79. The number of unbranched alkanes of at least 4 members (excludes halogenated alkanes) is 1. The summed E-state index contributed by atoms with van der Waals surface area (Å²) in [5.74, 6) is 1.28. The van der Waals surface area contributed by atoms with E-state index in [-0.39, 0.29) is 12.3 Å². The first kappa shape index (κ1) is 22.0. The lowest BCUT2D eigenvalue weighted by Gasteiger charge is -2.25. The third kappa shape index (κ3) is 5.25. The van der Waals surface area contributed by atoms with Crippen LogP contribution in [0.25, 0.3) is 10.9 Å². The van der Waals surface area contributed by atoms with Crippen molar-refractivity contribution in [2.75, 3.05) is 6.54 Å². The number of aryl methyl sites for hydroxylation is 2. The average Bonchev–Trinajstić information content (AvgIpc) is 2.84. The molecule has 0 radical (unpaired) electrons. The Morgan fingerprint density at radius 2 is 2.09 bits per heavy atom. The van der Waals surface area contributed by atoms with Crippen LogP contribution in [0.15, 0.2) is 42.6 Å². The number of carbonyl (C=O) groups is 1. The summed E-state index contributed by atoms with van der Waals surface area (Å²) in [5.41, 5.74) is 6.45. The fraction of sp³-hybridized carbons (Fsp3) is 0.464. The van der Waals surface area contributed by atoms with Crippen molar-refractivity contribution < 1.29 is 20.2 Å². The summed E-state index contributed by atoms with van der Waals surface area (Å²) in [4.78, 5) is 19.9. The molecule has 2 unspecified atom stereocenters. The minimum absolute atomic E-state index is 0.0548. The van der Waals surface area contributed by atoms with Crippen LogP contribution in [-0.2, 0) is 24.1 Å². The number of hydrogen-bond donors (Lipinski definition) is 2. The van der Waals surface area contributed by atoms with Gasteiger partial charge in [0.2, 0.25) is 11.3 Å². The molecule has 2 atom stereocenters. The summed E-state index contributed by atoms with van der Waals surface area (Å²) in [6.07, 6.45) is 12.5. The number of nitrogens with zero attached hydrogens (tertiary/aromatic N) is 1. The van der Waals surface area contributed by atoms with Crippen molar-refractivity contribution in [1.29, 1.82) is 0 Å². The number of aromatic amines is 1. The van der Waals surface area contributed by atoms with Crippen LogP contribution in [-0.4, -0.2) is 22.6 Å². The number of aliphatic carboxylic acids is 1. The number of fused-ring (bicyclic) bond motifs is 3. The largest absolute Gasteiger partial charge is 0.481 e. The second kappa shape index (κ2) is 10.0. The van der Waals surface area contributed by atoms with Crippen LogP contribution in [0.2, 0.25) is 0 Å². The smallest absolute Gasteiger partial charge is 0.303 e. The lowest BCUT2D eigenvalue weighted by atomic mass is 9.82. The molecule has 0 spiro atoms. The van der Waals surface area contributed by atoms with Crippen molar-refractivity contribution in [2.24, 2.45) is 5.92 Å². The molecule has 0 bridgehead atoms. The number of para-hydroxylation sites is 1. The van der Waals surface area contributed by atoms with E-state index in [2.05, 4.69) is 34.6 Å². The van der Waals surface area contributed by atoms with Gasteiger partial charge in [-0.25, -0.2) is 9.97 Å². The molecule has 5 heteroatoms. The number of quaternary nitrogens is 1. The molecule has 0 fully saturated rings. The van der Waals surface area contributed by atoms with Crippen molar-refractivity contribution >= 4 is 22.7 Å². The molecule has 1 aliphatic heterocycles. The van der Waals surface area contributed by atoms with Crippen LogP contribution >= 0.6 is 0 Å². The second-order valence-electron chi connectivity index (χ2n) is 9.94. The van der Waals surface area contributed by atoms with Gasteiger partial charge < -0.3 is 5.11 Å². The molecule has 4 N–H and O–H groups in total. The van der Waals surface area contributed by atoms with Gasteiger partial charge in [0.25, 0.3) is 0 Å². The number of nitrogens with one attached hydrogen (secondary N) is 1. The van der Waals surface area contributed by atoms with Crippen LogP contribution in [0.1, 0.15) is 73.2 Å². The summed E-state index contributed by atoms with van der Waals surface area (Å²) in [7, 11) is 0. The number of pyridine rings is 2. The first-order valence-corrected chi connectivity index (χ1v) is 12.6. The van der Waals surface area contributed by atoms with Crippen LogP contribution in [0, 0.1) is 5.92 Å². The fourth-order valence-electron chi connectivity index (χ4n) is 5.73. The van der Waals surface area contributed by atoms with Crippen LogP contribution in [0.5, 0.6) is 0 Å². The van der Waals surface area contributed by atoms with Gasteiger partial charge in [0.1, 0.15) is 0 Å². The average molecular weight is 446 g/mol. The van der Waals surface area contributed by atoms with E-state index in [4.69, 9.17) is 4.98 Å². The number of aromatic nitrogens is 2. The Bertz CT molecular complexity index is 1140. The minimum atomic E-state index is -0.719. The normalized spacial score (nSPS) is 18.5. The molecule has 3 heterocycles. The van der Waals surface area contributed by atoms with Crippen molar-refractivity contribution in [1.82, 2.24) is 4.98 Å². The predicted molar refractivity (Wildman–Crippen MR) is 128 cm³/mol. The SMILES string of the molecule is O=C(O)CC(CCCCC1CCc2cc3c(nc2C1)[NH2+]CCC3)c1c[nH+]c2ccccc2c1. The van der Waals surface area contributed by atoms with Gasteiger partial charge in [-0.2, -0.15) is 0 Å². The summed E-state index contributed by atoms with van der Waals surface area (Å²) in [5, 5.41) is 12.9. The van der Waals surface area contributed by atoms with Crippen molar-refractivity contribution in [3.8, 4) is 0 Å². The summed E-state index contributed by atoms with van der Waals surface area (Å²) < 4.78 is 0. The van der Waals surface area contributed by atoms with E-state index in [0.717, 1.165) is 55.1 Å². The Morgan fingerprint density at radius 1 is 1.18 bits per heavy atom. The topological polar surface area (TPSA) is 80.9 Å². The van der Waals surface area contributed by atoms with Crippen LogP contribution in [0.3, 0.4) is 0 Å². The van der Waals surface area contributed by atoms with Gasteiger partial charge in [0.15, 0.2) is 6.20 Å². The number of carboxylic acid groups (broad SMARTS) is 1. The highest BCUT2D eigenvalue weighted by Crippen LogP contribution is 2.32. The maximum absolute atomic E-state index is 11.5. The van der Waals surface area contributed by atoms with E-state index < -0.39 is 5.97 Å². The summed E-state index contributed by atoms with van der Waals surface area (Å²) >= 11 is 0. The number of rotatable bonds is 8. The van der Waals surface area contributed by atoms with Gasteiger partial charge in [-0.1, -0.05) is 31.4 Å². The van der Waals surface area contributed by atoms with E-state index in [1.165, 1.54) is 48.3 Å². The van der Waals surface area contributed by atoms with Crippen molar-refractivity contribution in [3.63, 3.8) is 0 Å². The van der Waals surface area contributed by atoms with Gasteiger partial charge >= 0.3 is 5.97 Å². The quantitative estimate of drug-likeness (QED) is 0.512. The monoisotopic (exact) mass is 445 g/mol. The van der Waals surface area contributed by atoms with Crippen molar-refractivity contribution in [3.05, 3.63) is 65.0 Å². The number of hydrogen-bond acceptors (Lipinski definition) is 2. The highest BCUT2D eigenvalue weighted by Gasteiger charge is 2.24. The molecular weight excluding hydrogens is 410 g/mol. The summed E-state index contributed by atoms with van der Waals surface area (Å²) in [6, 6.07) is 12.8. The van der Waals surface area contributed by atoms with E-state index in [1.807, 2.05) is 18.3 Å². The maximum Gasteiger partial charge on any atom is 0.303 e. The first-order chi connectivity index (χ1) is 16.2. The van der Waals surface area contributed by atoms with Gasteiger partial charge in [-0.05, 0) is 61.8 Å². The van der Waals surface area contributed by atoms with E-state index in [0.29, 0.717) is 5.92 Å².